The molecular formula is C17H25NO2. The zero-order valence-electron chi connectivity index (χ0n) is 12.5. The number of ether oxygens (including phenoxy) is 2. The minimum Gasteiger partial charge on any atom is -0.377 e. The van der Waals surface area contributed by atoms with Crippen LogP contribution in [0.2, 0.25) is 0 Å². The monoisotopic (exact) mass is 275 g/mol. The molecule has 1 aliphatic heterocycles. The molecule has 1 saturated carbocycles. The van der Waals surface area contributed by atoms with Gasteiger partial charge in [0.05, 0.1) is 18.3 Å². The summed E-state index contributed by atoms with van der Waals surface area (Å²) in [4.78, 5) is 0. The molecule has 1 fully saturated rings. The van der Waals surface area contributed by atoms with Crippen LogP contribution >= 0.6 is 0 Å². The molecule has 0 aromatic heterocycles. The fraction of sp³-hybridized carbons (Fsp3) is 0.647. The number of hydrogen-bond donors (Lipinski definition) is 1. The second-order valence-electron chi connectivity index (χ2n) is 6.01. The Kier molecular flexibility index (Phi) is 4.11. The van der Waals surface area contributed by atoms with E-state index in [9.17, 15) is 0 Å². The van der Waals surface area contributed by atoms with E-state index in [0.29, 0.717) is 6.04 Å². The Bertz CT molecular complexity index is 451. The summed E-state index contributed by atoms with van der Waals surface area (Å²) in [6, 6.07) is 9.04. The van der Waals surface area contributed by atoms with Gasteiger partial charge in [0.15, 0.2) is 0 Å². The Hall–Kier alpha value is -0.900. The van der Waals surface area contributed by atoms with Crippen molar-refractivity contribution in [2.24, 2.45) is 0 Å². The second kappa shape index (κ2) is 5.84. The van der Waals surface area contributed by atoms with Crippen LogP contribution in [0.15, 0.2) is 24.3 Å². The smallest absolute Gasteiger partial charge is 0.0843 e. The molecule has 0 bridgehead atoms. The van der Waals surface area contributed by atoms with Crippen LogP contribution in [-0.4, -0.2) is 32.4 Å². The van der Waals surface area contributed by atoms with Crippen molar-refractivity contribution >= 4 is 0 Å². The standard InChI is InChI=1S/C17H25NO2/c1-18-16(17(19-2)9-5-10-17)12-15-14-7-4-3-6-13(14)8-11-20-15/h3-4,6-7,15-16,18H,5,8-12H2,1-2H3. The van der Waals surface area contributed by atoms with E-state index >= 15 is 0 Å². The van der Waals surface area contributed by atoms with Crippen molar-refractivity contribution in [3.05, 3.63) is 35.4 Å². The quantitative estimate of drug-likeness (QED) is 0.896. The van der Waals surface area contributed by atoms with Crippen molar-refractivity contribution in [2.75, 3.05) is 20.8 Å². The van der Waals surface area contributed by atoms with Crippen LogP contribution in [0.25, 0.3) is 0 Å². The summed E-state index contributed by atoms with van der Waals surface area (Å²) >= 11 is 0. The summed E-state index contributed by atoms with van der Waals surface area (Å²) < 4.78 is 11.9. The van der Waals surface area contributed by atoms with Crippen molar-refractivity contribution in [1.82, 2.24) is 5.32 Å². The van der Waals surface area contributed by atoms with Crippen LogP contribution in [0.3, 0.4) is 0 Å². The molecule has 1 aromatic rings. The number of hydrogen-bond acceptors (Lipinski definition) is 3. The van der Waals surface area contributed by atoms with Gasteiger partial charge in [0.25, 0.3) is 0 Å². The number of fused-ring (bicyclic) bond motifs is 1. The number of methoxy groups -OCH3 is 1. The average Bonchev–Trinajstić information content (AvgIpc) is 2.45. The minimum atomic E-state index is 0.0184. The summed E-state index contributed by atoms with van der Waals surface area (Å²) in [5, 5.41) is 3.47. The first-order valence-corrected chi connectivity index (χ1v) is 7.71. The first-order valence-electron chi connectivity index (χ1n) is 7.71. The third-order valence-electron chi connectivity index (χ3n) is 5.13. The molecule has 3 rings (SSSR count). The van der Waals surface area contributed by atoms with Crippen molar-refractivity contribution < 1.29 is 9.47 Å². The third kappa shape index (κ3) is 2.39. The van der Waals surface area contributed by atoms with E-state index in [1.54, 1.807) is 0 Å². The normalized spacial score (nSPS) is 25.6. The van der Waals surface area contributed by atoms with Gasteiger partial charge in [0.1, 0.15) is 0 Å². The van der Waals surface area contributed by atoms with Crippen LogP contribution in [-0.2, 0) is 15.9 Å². The van der Waals surface area contributed by atoms with Gasteiger partial charge >= 0.3 is 0 Å². The molecule has 1 aliphatic carbocycles. The van der Waals surface area contributed by atoms with Gasteiger partial charge in [-0.25, -0.2) is 0 Å². The number of rotatable bonds is 5. The van der Waals surface area contributed by atoms with Crippen LogP contribution in [0, 0.1) is 0 Å². The van der Waals surface area contributed by atoms with Gasteiger partial charge in [-0.2, -0.15) is 0 Å². The van der Waals surface area contributed by atoms with Gasteiger partial charge in [-0.3, -0.25) is 0 Å². The zero-order chi connectivity index (χ0) is 14.0. The van der Waals surface area contributed by atoms with Gasteiger partial charge in [0, 0.05) is 13.2 Å². The summed E-state index contributed by atoms with van der Waals surface area (Å²) in [5.74, 6) is 0. The van der Waals surface area contributed by atoms with Gasteiger partial charge in [-0.1, -0.05) is 24.3 Å². The lowest BCUT2D eigenvalue weighted by molar-refractivity contribution is -0.109. The van der Waals surface area contributed by atoms with E-state index in [1.807, 2.05) is 14.2 Å². The van der Waals surface area contributed by atoms with Crippen molar-refractivity contribution in [3.8, 4) is 0 Å². The molecule has 1 heterocycles. The molecule has 0 radical (unpaired) electrons. The van der Waals surface area contributed by atoms with E-state index in [4.69, 9.17) is 9.47 Å². The van der Waals surface area contributed by atoms with Crippen molar-refractivity contribution in [2.45, 2.75) is 49.9 Å². The Labute approximate surface area is 121 Å². The molecule has 2 atom stereocenters. The maximum atomic E-state index is 6.05. The molecule has 2 unspecified atom stereocenters. The fourth-order valence-electron chi connectivity index (χ4n) is 3.70. The van der Waals surface area contributed by atoms with Crippen LogP contribution in [0.5, 0.6) is 0 Å². The molecule has 110 valence electrons. The first-order chi connectivity index (χ1) is 9.79. The lowest BCUT2D eigenvalue weighted by atomic mass is 9.72. The number of nitrogens with one attached hydrogen (secondary N) is 1. The second-order valence-corrected chi connectivity index (χ2v) is 6.01. The van der Waals surface area contributed by atoms with Gasteiger partial charge in [-0.15, -0.1) is 0 Å². The maximum Gasteiger partial charge on any atom is 0.0843 e. The van der Waals surface area contributed by atoms with E-state index in [2.05, 4.69) is 29.6 Å². The zero-order valence-corrected chi connectivity index (χ0v) is 12.5. The van der Waals surface area contributed by atoms with Gasteiger partial charge in [0.2, 0.25) is 0 Å². The summed E-state index contributed by atoms with van der Waals surface area (Å²) in [6.07, 6.45) is 5.80. The highest BCUT2D eigenvalue weighted by atomic mass is 16.5. The van der Waals surface area contributed by atoms with Crippen LogP contribution in [0.1, 0.15) is 42.9 Å². The van der Waals surface area contributed by atoms with E-state index in [0.717, 1.165) is 32.3 Å². The summed E-state index contributed by atoms with van der Waals surface area (Å²) in [5.41, 5.74) is 2.83. The maximum absolute atomic E-state index is 6.05. The molecule has 20 heavy (non-hydrogen) atoms. The molecule has 3 nitrogen and oxygen atoms in total. The summed E-state index contributed by atoms with van der Waals surface area (Å²) in [6.45, 7) is 0.831. The summed E-state index contributed by atoms with van der Waals surface area (Å²) in [7, 11) is 3.89. The number of benzene rings is 1. The topological polar surface area (TPSA) is 30.5 Å². The van der Waals surface area contributed by atoms with Gasteiger partial charge in [-0.05, 0) is 50.3 Å². The van der Waals surface area contributed by atoms with Crippen LogP contribution in [0.4, 0.5) is 0 Å². The Balaban J connectivity index is 1.77. The Morgan fingerprint density at radius 2 is 2.20 bits per heavy atom. The largest absolute Gasteiger partial charge is 0.377 e. The molecule has 3 heteroatoms. The van der Waals surface area contributed by atoms with Crippen molar-refractivity contribution in [1.29, 1.82) is 0 Å². The SMILES string of the molecule is CNC(CC1OCCc2ccccc21)C1(OC)CCC1. The lowest BCUT2D eigenvalue weighted by Crippen LogP contribution is -2.56. The minimum absolute atomic E-state index is 0.0184. The molecular weight excluding hydrogens is 250 g/mol. The van der Waals surface area contributed by atoms with Crippen molar-refractivity contribution in [3.63, 3.8) is 0 Å². The molecule has 0 amide bonds. The lowest BCUT2D eigenvalue weighted by Gasteiger charge is -2.47. The number of likely N-dealkylation sites (N-methyl/N-ethyl adjacent to an activating group) is 1. The molecule has 1 N–H and O–H groups in total. The van der Waals surface area contributed by atoms with E-state index < -0.39 is 0 Å². The highest BCUT2D eigenvalue weighted by Gasteiger charge is 2.45. The van der Waals surface area contributed by atoms with E-state index in [1.165, 1.54) is 17.5 Å². The Morgan fingerprint density at radius 1 is 1.40 bits per heavy atom. The fourth-order valence-corrected chi connectivity index (χ4v) is 3.70. The average molecular weight is 275 g/mol. The first kappa shape index (κ1) is 14.1. The highest BCUT2D eigenvalue weighted by Crippen LogP contribution is 2.42. The molecule has 2 aliphatic rings. The van der Waals surface area contributed by atoms with Crippen LogP contribution < -0.4 is 5.32 Å². The third-order valence-corrected chi connectivity index (χ3v) is 5.13. The van der Waals surface area contributed by atoms with Gasteiger partial charge < -0.3 is 14.8 Å². The van der Waals surface area contributed by atoms with E-state index in [-0.39, 0.29) is 11.7 Å². The predicted molar refractivity (Wildman–Crippen MR) is 79.9 cm³/mol. The Morgan fingerprint density at radius 3 is 2.85 bits per heavy atom. The molecule has 0 saturated heterocycles. The predicted octanol–water partition coefficient (Wildman–Crippen LogP) is 2.85. The molecule has 1 aromatic carbocycles. The molecule has 0 spiro atoms. The highest BCUT2D eigenvalue weighted by molar-refractivity contribution is 5.31.